The summed E-state index contributed by atoms with van der Waals surface area (Å²) in [6.45, 7) is 6.79. The molecular formula is C33H27N3OS. The Morgan fingerprint density at radius 1 is 1.00 bits per heavy atom. The molecule has 1 aliphatic carbocycles. The van der Waals surface area contributed by atoms with Crippen molar-refractivity contribution in [1.82, 2.24) is 9.13 Å². The minimum absolute atomic E-state index is 0.0213. The average Bonchev–Trinajstić information content (AvgIpc) is 3.41. The van der Waals surface area contributed by atoms with E-state index in [1.165, 1.54) is 28.0 Å². The van der Waals surface area contributed by atoms with E-state index in [9.17, 15) is 4.79 Å². The van der Waals surface area contributed by atoms with Crippen molar-refractivity contribution in [3.8, 4) is 0 Å². The van der Waals surface area contributed by atoms with Crippen molar-refractivity contribution in [3.05, 3.63) is 145 Å². The highest BCUT2D eigenvalue weighted by Crippen LogP contribution is 2.41. The van der Waals surface area contributed by atoms with E-state index in [1.54, 1.807) is 0 Å². The Morgan fingerprint density at radius 2 is 1.76 bits per heavy atom. The molecule has 3 heterocycles. The monoisotopic (exact) mass is 513 g/mol. The predicted molar refractivity (Wildman–Crippen MR) is 156 cm³/mol. The molecule has 0 fully saturated rings. The number of fused-ring (bicyclic) bond motifs is 4. The Bertz CT molecular complexity index is 1950. The highest BCUT2D eigenvalue weighted by molar-refractivity contribution is 7.07. The number of benzene rings is 3. The zero-order valence-corrected chi connectivity index (χ0v) is 22.0. The summed E-state index contributed by atoms with van der Waals surface area (Å²) < 4.78 is 4.90. The van der Waals surface area contributed by atoms with Crippen molar-refractivity contribution < 1.29 is 0 Å². The van der Waals surface area contributed by atoms with E-state index in [0.29, 0.717) is 4.53 Å². The van der Waals surface area contributed by atoms with Gasteiger partial charge in [-0.1, -0.05) is 90.2 Å². The molecule has 1 aliphatic heterocycles. The van der Waals surface area contributed by atoms with Crippen LogP contribution >= 0.6 is 11.3 Å². The van der Waals surface area contributed by atoms with Crippen molar-refractivity contribution >= 4 is 34.0 Å². The zero-order chi connectivity index (χ0) is 25.8. The molecule has 0 radical (unpaired) electrons. The average molecular weight is 514 g/mol. The SMILES string of the molecule is C=CCn1c(C)c(C=c2sc3n(c2=O)C(c2ccccc2)C2=C(N=3)c3ccccc3CC2)c2ccccc21. The topological polar surface area (TPSA) is 39.3 Å². The molecule has 0 saturated heterocycles. The van der Waals surface area contributed by atoms with Crippen LogP contribution in [-0.2, 0) is 13.0 Å². The van der Waals surface area contributed by atoms with Crippen molar-refractivity contribution in [3.63, 3.8) is 0 Å². The third kappa shape index (κ3) is 3.42. The largest absolute Gasteiger partial charge is 0.340 e. The molecule has 5 heteroatoms. The number of thiazole rings is 1. The van der Waals surface area contributed by atoms with Crippen LogP contribution in [0.15, 0.2) is 107 Å². The maximum absolute atomic E-state index is 14.1. The van der Waals surface area contributed by atoms with Gasteiger partial charge in [0.1, 0.15) is 0 Å². The van der Waals surface area contributed by atoms with Gasteiger partial charge in [0.05, 0.1) is 16.3 Å². The summed E-state index contributed by atoms with van der Waals surface area (Å²) in [5, 5.41) is 1.14. The molecule has 2 aromatic heterocycles. The molecule has 0 N–H and O–H groups in total. The molecule has 2 aliphatic rings. The summed E-state index contributed by atoms with van der Waals surface area (Å²) in [5.74, 6) is 0. The number of hydrogen-bond donors (Lipinski definition) is 0. The fourth-order valence-electron chi connectivity index (χ4n) is 6.09. The summed E-state index contributed by atoms with van der Waals surface area (Å²) in [7, 11) is 0. The van der Waals surface area contributed by atoms with Crippen molar-refractivity contribution in [2.45, 2.75) is 32.4 Å². The number of aryl methyl sites for hydroxylation is 1. The Kier molecular flexibility index (Phi) is 5.41. The molecule has 38 heavy (non-hydrogen) atoms. The standard InChI is InChI=1S/C33H27N3OS/c1-3-19-35-21(2)27(25-15-9-10-16-28(25)35)20-29-32(37)36-31(23-12-5-4-6-13-23)26-18-17-22-11-7-8-14-24(22)30(26)34-33(36)38-29/h3-16,20,31H,1,17-19H2,2H3. The summed E-state index contributed by atoms with van der Waals surface area (Å²) in [6.07, 6.45) is 5.84. The quantitative estimate of drug-likeness (QED) is 0.281. The van der Waals surface area contributed by atoms with Gasteiger partial charge in [0.2, 0.25) is 0 Å². The van der Waals surface area contributed by atoms with Crippen LogP contribution in [0.2, 0.25) is 0 Å². The van der Waals surface area contributed by atoms with E-state index >= 15 is 0 Å². The van der Waals surface area contributed by atoms with Gasteiger partial charge in [0.25, 0.3) is 5.56 Å². The van der Waals surface area contributed by atoms with E-state index in [2.05, 4.69) is 96.9 Å². The van der Waals surface area contributed by atoms with Crippen LogP contribution in [0, 0.1) is 6.92 Å². The highest BCUT2D eigenvalue weighted by Gasteiger charge is 2.32. The van der Waals surface area contributed by atoms with Crippen molar-refractivity contribution in [1.29, 1.82) is 0 Å². The molecule has 1 unspecified atom stereocenters. The van der Waals surface area contributed by atoms with Gasteiger partial charge in [0.15, 0.2) is 4.80 Å². The number of allylic oxidation sites excluding steroid dienone is 2. The van der Waals surface area contributed by atoms with Crippen LogP contribution in [0.4, 0.5) is 0 Å². The molecular weight excluding hydrogens is 486 g/mol. The Balaban J connectivity index is 1.50. The summed E-state index contributed by atoms with van der Waals surface area (Å²) >= 11 is 1.49. The van der Waals surface area contributed by atoms with Gasteiger partial charge in [-0.15, -0.1) is 6.58 Å². The molecule has 3 aromatic carbocycles. The molecule has 0 saturated carbocycles. The molecule has 1 atom stereocenters. The summed E-state index contributed by atoms with van der Waals surface area (Å²) in [4.78, 5) is 20.0. The van der Waals surface area contributed by atoms with Gasteiger partial charge < -0.3 is 4.57 Å². The van der Waals surface area contributed by atoms with Crippen molar-refractivity contribution in [2.75, 3.05) is 0 Å². The van der Waals surface area contributed by atoms with E-state index in [0.717, 1.165) is 57.6 Å². The van der Waals surface area contributed by atoms with Crippen molar-refractivity contribution in [2.24, 2.45) is 4.99 Å². The van der Waals surface area contributed by atoms with Gasteiger partial charge in [-0.25, -0.2) is 4.99 Å². The second-order valence-corrected chi connectivity index (χ2v) is 10.9. The molecule has 186 valence electrons. The Morgan fingerprint density at radius 3 is 2.61 bits per heavy atom. The van der Waals surface area contributed by atoms with Gasteiger partial charge in [-0.05, 0) is 48.6 Å². The third-order valence-corrected chi connectivity index (χ3v) is 8.84. The molecule has 0 bridgehead atoms. The Labute approximate surface area is 224 Å². The minimum atomic E-state index is -0.152. The van der Waals surface area contributed by atoms with Crippen LogP contribution in [0.25, 0.3) is 22.7 Å². The normalized spacial score (nSPS) is 16.7. The highest BCUT2D eigenvalue weighted by atomic mass is 32.1. The van der Waals surface area contributed by atoms with E-state index in [-0.39, 0.29) is 11.6 Å². The van der Waals surface area contributed by atoms with Crippen LogP contribution in [0.5, 0.6) is 0 Å². The second kappa shape index (κ2) is 8.96. The molecule has 7 rings (SSSR count). The van der Waals surface area contributed by atoms with Crippen LogP contribution in [0.3, 0.4) is 0 Å². The van der Waals surface area contributed by atoms with Crippen LogP contribution < -0.4 is 14.9 Å². The lowest BCUT2D eigenvalue weighted by Gasteiger charge is -2.30. The van der Waals surface area contributed by atoms with Gasteiger partial charge >= 0.3 is 0 Å². The molecule has 5 aromatic rings. The zero-order valence-electron chi connectivity index (χ0n) is 21.2. The fraction of sp³-hybridized carbons (Fsp3) is 0.152. The number of rotatable bonds is 4. The Hall–Kier alpha value is -4.22. The summed E-state index contributed by atoms with van der Waals surface area (Å²) in [5.41, 5.74) is 9.29. The number of hydrogen-bond acceptors (Lipinski definition) is 3. The maximum atomic E-state index is 14.1. The fourth-order valence-corrected chi connectivity index (χ4v) is 7.08. The number of aromatic nitrogens is 2. The van der Waals surface area contributed by atoms with Crippen LogP contribution in [-0.4, -0.2) is 9.13 Å². The number of para-hydroxylation sites is 1. The first kappa shape index (κ1) is 22.9. The van der Waals surface area contributed by atoms with Gasteiger partial charge in [-0.2, -0.15) is 0 Å². The first-order chi connectivity index (χ1) is 18.7. The predicted octanol–water partition coefficient (Wildman–Crippen LogP) is 5.77. The molecule has 0 amide bonds. The minimum Gasteiger partial charge on any atom is -0.340 e. The van der Waals surface area contributed by atoms with Gasteiger partial charge in [0, 0.05) is 34.3 Å². The molecule has 4 nitrogen and oxygen atoms in total. The van der Waals surface area contributed by atoms with E-state index in [4.69, 9.17) is 4.99 Å². The van der Waals surface area contributed by atoms with E-state index in [1.807, 2.05) is 16.7 Å². The first-order valence-electron chi connectivity index (χ1n) is 13.0. The van der Waals surface area contributed by atoms with Gasteiger partial charge in [-0.3, -0.25) is 9.36 Å². The lowest BCUT2D eigenvalue weighted by Crippen LogP contribution is -2.38. The van der Waals surface area contributed by atoms with E-state index < -0.39 is 0 Å². The lowest BCUT2D eigenvalue weighted by molar-refractivity contribution is 0.585. The number of nitrogens with zero attached hydrogens (tertiary/aromatic N) is 3. The molecule has 0 spiro atoms. The first-order valence-corrected chi connectivity index (χ1v) is 13.8. The lowest BCUT2D eigenvalue weighted by atomic mass is 9.83. The second-order valence-electron chi connectivity index (χ2n) is 9.94. The van der Waals surface area contributed by atoms with Crippen LogP contribution in [0.1, 0.15) is 40.4 Å². The third-order valence-electron chi connectivity index (χ3n) is 7.86. The maximum Gasteiger partial charge on any atom is 0.271 e. The summed E-state index contributed by atoms with van der Waals surface area (Å²) in [6, 6.07) is 27.2. The smallest absolute Gasteiger partial charge is 0.271 e.